The number of carbonyl (C=O) groups is 3. The van der Waals surface area contributed by atoms with Crippen molar-refractivity contribution in [2.75, 3.05) is 0 Å². The van der Waals surface area contributed by atoms with Crippen LogP contribution in [0, 0.1) is 5.82 Å². The number of amides is 3. The van der Waals surface area contributed by atoms with E-state index in [-0.39, 0.29) is 24.6 Å². The van der Waals surface area contributed by atoms with Crippen LogP contribution in [0.25, 0.3) is 0 Å². The van der Waals surface area contributed by atoms with Crippen molar-refractivity contribution in [3.05, 3.63) is 71.5 Å². The van der Waals surface area contributed by atoms with Crippen molar-refractivity contribution < 1.29 is 18.8 Å². The fourth-order valence-electron chi connectivity index (χ4n) is 2.39. The Morgan fingerprint density at radius 2 is 1.54 bits per heavy atom. The first kappa shape index (κ1) is 19.1. The molecule has 0 aliphatic heterocycles. The van der Waals surface area contributed by atoms with Crippen molar-refractivity contribution in [3.63, 3.8) is 0 Å². The Morgan fingerprint density at radius 3 is 2.15 bits per heavy atom. The molecule has 26 heavy (non-hydrogen) atoms. The highest BCUT2D eigenvalue weighted by Crippen LogP contribution is 2.16. The van der Waals surface area contributed by atoms with E-state index in [9.17, 15) is 18.8 Å². The number of hydrogen-bond donors (Lipinski definition) is 3. The maximum absolute atomic E-state index is 12.8. The summed E-state index contributed by atoms with van der Waals surface area (Å²) >= 11 is 0. The zero-order valence-electron chi connectivity index (χ0n) is 14.3. The third kappa shape index (κ3) is 6.35. The molecule has 0 unspecified atom stereocenters. The van der Waals surface area contributed by atoms with Crippen molar-refractivity contribution in [1.82, 2.24) is 16.2 Å². The molecule has 2 aromatic carbocycles. The minimum atomic E-state index is -0.497. The maximum Gasteiger partial charge on any atom is 0.242 e. The van der Waals surface area contributed by atoms with Gasteiger partial charge in [0.2, 0.25) is 17.7 Å². The van der Waals surface area contributed by atoms with Gasteiger partial charge in [-0.3, -0.25) is 25.2 Å². The molecular formula is C19H20FN3O3. The van der Waals surface area contributed by atoms with E-state index in [0.29, 0.717) is 5.56 Å². The summed E-state index contributed by atoms with van der Waals surface area (Å²) in [6.07, 6.45) is -0.0191. The molecule has 7 heteroatoms. The predicted octanol–water partition coefficient (Wildman–Crippen LogP) is 1.78. The lowest BCUT2D eigenvalue weighted by molar-refractivity contribution is -0.129. The number of carbonyl (C=O) groups excluding carboxylic acids is 3. The standard InChI is InChI=1S/C19H20FN3O3/c1-13(24)21-17(15-5-3-2-4-6-15)12-19(26)23-22-18(25)11-14-7-9-16(20)10-8-14/h2-10,17H,11-12H2,1H3,(H,21,24)(H,22,25)(H,23,26)/t17-/m1/s1. The topological polar surface area (TPSA) is 87.3 Å². The van der Waals surface area contributed by atoms with E-state index >= 15 is 0 Å². The molecule has 0 spiro atoms. The molecule has 0 fully saturated rings. The minimum Gasteiger partial charge on any atom is -0.349 e. The minimum absolute atomic E-state index is 0.00830. The van der Waals surface area contributed by atoms with E-state index in [2.05, 4.69) is 16.2 Å². The van der Waals surface area contributed by atoms with Crippen LogP contribution in [0.5, 0.6) is 0 Å². The lowest BCUT2D eigenvalue weighted by atomic mass is 10.0. The van der Waals surface area contributed by atoms with E-state index in [1.807, 2.05) is 18.2 Å². The molecule has 2 rings (SSSR count). The predicted molar refractivity (Wildman–Crippen MR) is 94.0 cm³/mol. The second-order valence-electron chi connectivity index (χ2n) is 5.77. The van der Waals surface area contributed by atoms with Crippen LogP contribution in [0.4, 0.5) is 4.39 Å². The number of halogens is 1. The van der Waals surface area contributed by atoms with E-state index in [1.165, 1.54) is 31.2 Å². The molecule has 0 aliphatic rings. The molecule has 2 aromatic rings. The van der Waals surface area contributed by atoms with Gasteiger partial charge in [0, 0.05) is 6.92 Å². The molecule has 0 aliphatic carbocycles. The fraction of sp³-hybridized carbons (Fsp3) is 0.211. The first-order chi connectivity index (χ1) is 12.4. The summed E-state index contributed by atoms with van der Waals surface area (Å²) in [4.78, 5) is 35.3. The summed E-state index contributed by atoms with van der Waals surface area (Å²) in [5.41, 5.74) is 6.05. The van der Waals surface area contributed by atoms with Crippen LogP contribution >= 0.6 is 0 Å². The lowest BCUT2D eigenvalue weighted by Crippen LogP contribution is -2.43. The highest BCUT2D eigenvalue weighted by atomic mass is 19.1. The Labute approximate surface area is 150 Å². The fourth-order valence-corrected chi connectivity index (χ4v) is 2.39. The van der Waals surface area contributed by atoms with Crippen LogP contribution in [-0.2, 0) is 20.8 Å². The van der Waals surface area contributed by atoms with E-state index in [4.69, 9.17) is 0 Å². The van der Waals surface area contributed by atoms with Gasteiger partial charge in [-0.2, -0.15) is 0 Å². The van der Waals surface area contributed by atoms with Crippen LogP contribution < -0.4 is 16.2 Å². The summed E-state index contributed by atoms with van der Waals surface area (Å²) in [6, 6.07) is 14.1. The van der Waals surface area contributed by atoms with E-state index in [1.54, 1.807) is 12.1 Å². The zero-order chi connectivity index (χ0) is 18.9. The van der Waals surface area contributed by atoms with Gasteiger partial charge < -0.3 is 5.32 Å². The average molecular weight is 357 g/mol. The molecule has 3 amide bonds. The Hall–Kier alpha value is -3.22. The average Bonchev–Trinajstić information content (AvgIpc) is 2.62. The van der Waals surface area contributed by atoms with Crippen LogP contribution in [0.1, 0.15) is 30.5 Å². The van der Waals surface area contributed by atoms with Gasteiger partial charge in [0.25, 0.3) is 0 Å². The van der Waals surface area contributed by atoms with Gasteiger partial charge in [0.15, 0.2) is 0 Å². The van der Waals surface area contributed by atoms with Crippen molar-refractivity contribution in [1.29, 1.82) is 0 Å². The quantitative estimate of drug-likeness (QED) is 0.689. The summed E-state index contributed by atoms with van der Waals surface area (Å²) < 4.78 is 12.8. The summed E-state index contributed by atoms with van der Waals surface area (Å²) in [6.45, 7) is 1.37. The van der Waals surface area contributed by atoms with E-state index in [0.717, 1.165) is 5.56 Å². The first-order valence-electron chi connectivity index (χ1n) is 8.08. The number of hydrazine groups is 1. The van der Waals surface area contributed by atoms with Gasteiger partial charge in [-0.05, 0) is 23.3 Å². The van der Waals surface area contributed by atoms with Crippen molar-refractivity contribution in [2.45, 2.75) is 25.8 Å². The summed E-state index contributed by atoms with van der Waals surface area (Å²) in [5.74, 6) is -1.51. The number of rotatable bonds is 6. The Morgan fingerprint density at radius 1 is 0.923 bits per heavy atom. The Kier molecular flexibility index (Phi) is 6.84. The second-order valence-corrected chi connectivity index (χ2v) is 5.77. The first-order valence-corrected chi connectivity index (χ1v) is 8.08. The zero-order valence-corrected chi connectivity index (χ0v) is 14.3. The lowest BCUT2D eigenvalue weighted by Gasteiger charge is -2.18. The van der Waals surface area contributed by atoms with Crippen molar-refractivity contribution in [3.8, 4) is 0 Å². The molecular weight excluding hydrogens is 337 g/mol. The van der Waals surface area contributed by atoms with Gasteiger partial charge in [0.1, 0.15) is 5.82 Å². The molecule has 3 N–H and O–H groups in total. The second kappa shape index (κ2) is 9.31. The Bertz CT molecular complexity index is 763. The third-order valence-corrected chi connectivity index (χ3v) is 3.59. The number of hydrogen-bond acceptors (Lipinski definition) is 3. The van der Waals surface area contributed by atoms with Gasteiger partial charge in [-0.1, -0.05) is 42.5 Å². The van der Waals surface area contributed by atoms with Gasteiger partial charge >= 0.3 is 0 Å². The molecule has 6 nitrogen and oxygen atoms in total. The van der Waals surface area contributed by atoms with Gasteiger partial charge in [-0.25, -0.2) is 4.39 Å². The summed E-state index contributed by atoms with van der Waals surface area (Å²) in [7, 11) is 0. The maximum atomic E-state index is 12.8. The Balaban J connectivity index is 1.86. The molecule has 0 bridgehead atoms. The monoisotopic (exact) mass is 357 g/mol. The van der Waals surface area contributed by atoms with Crippen LogP contribution in [0.3, 0.4) is 0 Å². The van der Waals surface area contributed by atoms with Crippen LogP contribution in [0.15, 0.2) is 54.6 Å². The van der Waals surface area contributed by atoms with Crippen molar-refractivity contribution in [2.24, 2.45) is 0 Å². The van der Waals surface area contributed by atoms with E-state index < -0.39 is 17.9 Å². The number of nitrogens with one attached hydrogen (secondary N) is 3. The summed E-state index contributed by atoms with van der Waals surface area (Å²) in [5, 5.41) is 2.71. The highest BCUT2D eigenvalue weighted by molar-refractivity contribution is 5.84. The normalized spacial score (nSPS) is 11.3. The highest BCUT2D eigenvalue weighted by Gasteiger charge is 2.17. The third-order valence-electron chi connectivity index (χ3n) is 3.59. The van der Waals surface area contributed by atoms with Crippen molar-refractivity contribution >= 4 is 17.7 Å². The number of benzene rings is 2. The van der Waals surface area contributed by atoms with Crippen LogP contribution in [0.2, 0.25) is 0 Å². The molecule has 0 saturated heterocycles. The van der Waals surface area contributed by atoms with Gasteiger partial charge in [-0.15, -0.1) is 0 Å². The van der Waals surface area contributed by atoms with Gasteiger partial charge in [0.05, 0.1) is 18.9 Å². The largest absolute Gasteiger partial charge is 0.349 e. The molecule has 0 saturated carbocycles. The molecule has 0 radical (unpaired) electrons. The molecule has 0 aromatic heterocycles. The SMILES string of the molecule is CC(=O)N[C@H](CC(=O)NNC(=O)Cc1ccc(F)cc1)c1ccccc1. The molecule has 0 heterocycles. The van der Waals surface area contributed by atoms with Crippen LogP contribution in [-0.4, -0.2) is 17.7 Å². The molecule has 136 valence electrons. The molecule has 1 atom stereocenters. The smallest absolute Gasteiger partial charge is 0.242 e.